The predicted octanol–water partition coefficient (Wildman–Crippen LogP) is -24.4. The first-order valence-corrected chi connectivity index (χ1v) is 4.19. The Morgan fingerprint density at radius 2 is 0.667 bits per heavy atom. The fourth-order valence-corrected chi connectivity index (χ4v) is 1.01. The van der Waals surface area contributed by atoms with Crippen molar-refractivity contribution in [2.75, 3.05) is 0 Å². The number of hydrogen-bond donors (Lipinski definition) is 0. The molecule has 0 unspecified atom stereocenters. The van der Waals surface area contributed by atoms with Crippen LogP contribution in [-0.2, 0) is 18.9 Å². The maximum absolute atomic E-state index is 9.32. The second-order valence-corrected chi connectivity index (χ2v) is 3.24. The van der Waals surface area contributed by atoms with Gasteiger partial charge in [0.1, 0.15) is 0 Å². The Kier molecular flexibility index (Phi) is 686. The molecule has 0 atom stereocenters. The van der Waals surface area contributed by atoms with Crippen molar-refractivity contribution in [2.24, 2.45) is 0 Å². The predicted molar refractivity (Wildman–Crippen MR) is 78.9 cm³/mol. The SMILES string of the molecule is O.O.O.O.O.O.O.O.O.O.O.O.O.O.O=P([O-])([O-])OS(=O)(=O)[O-].[AlH3].[Na+].[Na+].[Na+]. The fourth-order valence-electron chi connectivity index (χ4n) is 0.112. The van der Waals surface area contributed by atoms with Crippen LogP contribution < -0.4 is 98.5 Å². The Hall–Kier alpha value is 2.99. The van der Waals surface area contributed by atoms with Crippen LogP contribution in [0.1, 0.15) is 0 Å². The van der Waals surface area contributed by atoms with Crippen LogP contribution in [0.25, 0.3) is 0 Å². The minimum absolute atomic E-state index is 0. The molecule has 21 nitrogen and oxygen atoms in total. The van der Waals surface area contributed by atoms with Crippen molar-refractivity contribution in [1.29, 1.82) is 0 Å². The maximum atomic E-state index is 9.32. The summed E-state index contributed by atoms with van der Waals surface area (Å²) in [5, 5.41) is 0. The fraction of sp³-hybridized carbons (Fsp3) is 0. The van der Waals surface area contributed by atoms with E-state index < -0.39 is 18.2 Å². The molecule has 0 aromatic carbocycles. The summed E-state index contributed by atoms with van der Waals surface area (Å²) in [6.45, 7) is 0. The quantitative estimate of drug-likeness (QED) is 0.144. The van der Waals surface area contributed by atoms with Crippen molar-refractivity contribution in [3.63, 3.8) is 0 Å². The van der Waals surface area contributed by atoms with Gasteiger partial charge in [0.25, 0.3) is 0 Å². The van der Waals surface area contributed by atoms with E-state index in [1.165, 1.54) is 0 Å². The maximum Gasteiger partial charge on any atom is 1.00 e. The second kappa shape index (κ2) is 88.8. The molecule has 0 spiro atoms. The van der Waals surface area contributed by atoms with Crippen molar-refractivity contribution in [2.45, 2.75) is 0 Å². The molecule has 0 saturated heterocycles. The topological polar surface area (TPSA) is 571 Å². The third-order valence-electron chi connectivity index (χ3n) is 0.183. The molecule has 0 saturated carbocycles. The summed E-state index contributed by atoms with van der Waals surface area (Å²) >= 11 is 0. The van der Waals surface area contributed by atoms with Gasteiger partial charge in [0, 0.05) is 0 Å². The first-order valence-electron chi connectivity index (χ1n) is 1.40. The molecule has 0 fully saturated rings. The number of rotatable bonds is 2. The van der Waals surface area contributed by atoms with Gasteiger partial charge >= 0.3 is 88.7 Å². The summed E-state index contributed by atoms with van der Waals surface area (Å²) in [5.74, 6) is 0. The van der Waals surface area contributed by atoms with Crippen molar-refractivity contribution < 1.29 is 197 Å². The molecule has 0 aliphatic heterocycles. The molecule has 0 amide bonds. The van der Waals surface area contributed by atoms with Gasteiger partial charge in [0.2, 0.25) is 10.4 Å². The molecule has 27 heteroatoms. The number of phosphoric acid groups is 1. The summed E-state index contributed by atoms with van der Waals surface area (Å²) < 4.78 is 39.7. The van der Waals surface area contributed by atoms with Gasteiger partial charge in [-0.2, -0.15) is 0 Å². The molecule has 0 heterocycles. The summed E-state index contributed by atoms with van der Waals surface area (Å²) in [6.07, 6.45) is 0. The molecular formula is H31AlNa3O21PS. The normalized spacial score (nSPS) is 4.56. The standard InChI is InChI=1S/Al.3Na.H3O7PS.14H2O.3H/c;;;;1-8(2,3)7-9(4,5)6;;;;;;;;;;;;;;;;;/h;;;;(H2,1,2,3)(H,4,5,6);14*1H2;;;/q;3*+1;;;;;;;;;;;;;;;;;;/p-3. The van der Waals surface area contributed by atoms with Crippen LogP contribution in [0.5, 0.6) is 0 Å². The monoisotopic (exact) mass is 526 g/mol. The third-order valence-corrected chi connectivity index (χ3v) is 1.64. The Morgan fingerprint density at radius 3 is 0.667 bits per heavy atom. The molecular weight excluding hydrogens is 495 g/mol. The molecule has 0 radical (unpaired) electrons. The molecule has 0 aliphatic carbocycles. The first-order chi connectivity index (χ1) is 3.71. The van der Waals surface area contributed by atoms with Crippen LogP contribution in [0.4, 0.5) is 0 Å². The van der Waals surface area contributed by atoms with E-state index in [1.54, 1.807) is 0 Å². The van der Waals surface area contributed by atoms with E-state index in [-0.39, 0.29) is 183 Å². The van der Waals surface area contributed by atoms with Crippen LogP contribution in [0.15, 0.2) is 0 Å². The Morgan fingerprint density at radius 1 is 0.556 bits per heavy atom. The van der Waals surface area contributed by atoms with Crippen LogP contribution in [0.2, 0.25) is 0 Å². The van der Waals surface area contributed by atoms with E-state index in [0.717, 1.165) is 0 Å². The minimum Gasteiger partial charge on any atom is -0.789 e. The summed E-state index contributed by atoms with van der Waals surface area (Å²) in [7, 11) is -11.1. The van der Waals surface area contributed by atoms with E-state index in [4.69, 9.17) is 0 Å². The van der Waals surface area contributed by atoms with Crippen molar-refractivity contribution in [3.8, 4) is 0 Å². The molecule has 0 aliphatic rings. The van der Waals surface area contributed by atoms with Gasteiger partial charge in [0.15, 0.2) is 17.4 Å². The summed E-state index contributed by atoms with van der Waals surface area (Å²) in [6, 6.07) is 0. The van der Waals surface area contributed by atoms with E-state index >= 15 is 0 Å². The zero-order chi connectivity index (χ0) is 7.71. The largest absolute Gasteiger partial charge is 1.00 e. The van der Waals surface area contributed by atoms with Gasteiger partial charge in [-0.3, -0.25) is 0 Å². The zero-order valence-corrected chi connectivity index (χ0v) is 21.4. The van der Waals surface area contributed by atoms with Crippen LogP contribution in [-0.4, -0.2) is 107 Å². The third kappa shape index (κ3) is 261. The van der Waals surface area contributed by atoms with E-state index in [2.05, 4.69) is 3.97 Å². The smallest absolute Gasteiger partial charge is 0.789 e. The Bertz CT molecular complexity index is 238. The van der Waals surface area contributed by atoms with Gasteiger partial charge in [0.05, 0.1) is 7.82 Å². The van der Waals surface area contributed by atoms with Crippen LogP contribution in [0.3, 0.4) is 0 Å². The minimum atomic E-state index is -5.69. The second-order valence-electron chi connectivity index (χ2n) is 0.930. The molecule has 0 bridgehead atoms. The molecule has 28 N–H and O–H groups in total. The zero-order valence-electron chi connectivity index (χ0n) is 13.7. The Balaban J connectivity index is -0.00000000209. The molecule has 0 aromatic rings. The van der Waals surface area contributed by atoms with Gasteiger partial charge in [-0.05, 0) is 0 Å². The average Bonchev–Trinajstić information content (AvgIpc) is 1.14. The summed E-state index contributed by atoms with van der Waals surface area (Å²) in [4.78, 5) is 18.6. The average molecular weight is 526 g/mol. The van der Waals surface area contributed by atoms with Crippen molar-refractivity contribution >= 4 is 35.6 Å². The first kappa shape index (κ1) is 209. The van der Waals surface area contributed by atoms with Gasteiger partial charge in [-0.1, -0.05) is 0 Å². The van der Waals surface area contributed by atoms with E-state index in [0.29, 0.717) is 0 Å². The molecule has 174 valence electrons. The summed E-state index contributed by atoms with van der Waals surface area (Å²) in [5.41, 5.74) is 0. The van der Waals surface area contributed by atoms with Gasteiger partial charge in [-0.15, -0.1) is 0 Å². The molecule has 0 aromatic heterocycles. The van der Waals surface area contributed by atoms with Crippen LogP contribution in [0, 0.1) is 0 Å². The molecule has 27 heavy (non-hydrogen) atoms. The van der Waals surface area contributed by atoms with Crippen molar-refractivity contribution in [3.05, 3.63) is 0 Å². The van der Waals surface area contributed by atoms with Crippen molar-refractivity contribution in [1.82, 2.24) is 0 Å². The number of hydrogen-bond acceptors (Lipinski definition) is 7. The van der Waals surface area contributed by atoms with Gasteiger partial charge in [-0.25, -0.2) is 12.4 Å². The van der Waals surface area contributed by atoms with E-state index in [9.17, 15) is 27.3 Å². The Labute approximate surface area is 229 Å². The van der Waals surface area contributed by atoms with E-state index in [1.807, 2.05) is 0 Å². The van der Waals surface area contributed by atoms with Crippen LogP contribution >= 0.6 is 7.82 Å². The molecule has 0 rings (SSSR count). The van der Waals surface area contributed by atoms with Gasteiger partial charge < -0.3 is 95.6 Å².